The third-order valence-corrected chi connectivity index (χ3v) is 4.77. The number of nitrogens with one attached hydrogen (secondary N) is 1. The smallest absolute Gasteiger partial charge is 0.413 e. The third kappa shape index (κ3) is 3.72. The number of aryl methyl sites for hydroxylation is 2. The molecule has 25 heavy (non-hydrogen) atoms. The van der Waals surface area contributed by atoms with E-state index in [2.05, 4.69) is 20.6 Å². The lowest BCUT2D eigenvalue weighted by molar-refractivity contribution is 0.0852. The van der Waals surface area contributed by atoms with Crippen LogP contribution in [0.15, 0.2) is 12.1 Å². The Morgan fingerprint density at radius 3 is 2.80 bits per heavy atom. The van der Waals surface area contributed by atoms with E-state index in [9.17, 15) is 4.79 Å². The third-order valence-electron chi connectivity index (χ3n) is 4.77. The lowest BCUT2D eigenvalue weighted by atomic mass is 10.0. The summed E-state index contributed by atoms with van der Waals surface area (Å²) < 4.78 is 7.03. The number of carbonyl (C=O) groups is 1. The van der Waals surface area contributed by atoms with Crippen LogP contribution in [0.5, 0.6) is 0 Å². The van der Waals surface area contributed by atoms with Crippen LogP contribution in [0, 0.1) is 12.8 Å². The first kappa shape index (κ1) is 17.2. The highest BCUT2D eigenvalue weighted by Crippen LogP contribution is 2.30. The molecule has 1 amide bonds. The highest BCUT2D eigenvalue weighted by Gasteiger charge is 2.25. The molecule has 134 valence electrons. The van der Waals surface area contributed by atoms with Crippen LogP contribution in [-0.4, -0.2) is 32.2 Å². The Hall–Kier alpha value is -2.64. The van der Waals surface area contributed by atoms with Crippen molar-refractivity contribution in [2.75, 3.05) is 11.1 Å². The number of ether oxygens (including phenoxy) is 1. The van der Waals surface area contributed by atoms with E-state index in [4.69, 9.17) is 10.5 Å². The van der Waals surface area contributed by atoms with E-state index in [-0.39, 0.29) is 6.10 Å². The average molecular weight is 344 g/mol. The van der Waals surface area contributed by atoms with Crippen LogP contribution < -0.4 is 11.1 Å². The molecule has 0 aromatic carbocycles. The Morgan fingerprint density at radius 2 is 2.12 bits per heavy atom. The van der Waals surface area contributed by atoms with Crippen molar-refractivity contribution in [3.63, 3.8) is 0 Å². The van der Waals surface area contributed by atoms with Crippen molar-refractivity contribution in [1.82, 2.24) is 20.0 Å². The van der Waals surface area contributed by atoms with E-state index in [1.165, 1.54) is 17.5 Å². The number of anilines is 2. The standard InChI is InChI=1S/C17H24N6O2/c1-10-13(18)8-9-14(19-10)15-16(23(3)22-21-15)20-17(24)25-11(2)12-6-4-5-7-12/h8-9,11-12H,4-7,18H2,1-3H3,(H,20,24)/t11-/m1/s1. The van der Waals surface area contributed by atoms with E-state index in [1.54, 1.807) is 19.2 Å². The molecular formula is C17H24N6O2. The van der Waals surface area contributed by atoms with Crippen molar-refractivity contribution in [2.45, 2.75) is 45.6 Å². The van der Waals surface area contributed by atoms with Gasteiger partial charge < -0.3 is 10.5 Å². The van der Waals surface area contributed by atoms with Gasteiger partial charge in [-0.15, -0.1) is 5.10 Å². The van der Waals surface area contributed by atoms with E-state index in [0.29, 0.717) is 34.5 Å². The van der Waals surface area contributed by atoms with Crippen LogP contribution in [0.4, 0.5) is 16.3 Å². The number of hydrogen-bond acceptors (Lipinski definition) is 6. The number of hydrogen-bond donors (Lipinski definition) is 2. The largest absolute Gasteiger partial charge is 0.446 e. The number of carbonyl (C=O) groups excluding carboxylic acids is 1. The maximum absolute atomic E-state index is 12.3. The molecule has 8 heteroatoms. The minimum Gasteiger partial charge on any atom is -0.446 e. The maximum Gasteiger partial charge on any atom is 0.413 e. The molecular weight excluding hydrogens is 320 g/mol. The van der Waals surface area contributed by atoms with Gasteiger partial charge in [-0.1, -0.05) is 18.1 Å². The van der Waals surface area contributed by atoms with Gasteiger partial charge in [-0.05, 0) is 44.7 Å². The summed E-state index contributed by atoms with van der Waals surface area (Å²) in [7, 11) is 1.71. The molecule has 2 heterocycles. The fourth-order valence-corrected chi connectivity index (χ4v) is 3.19. The Bertz CT molecular complexity index is 766. The molecule has 3 rings (SSSR count). The minimum absolute atomic E-state index is 0.107. The topological polar surface area (TPSA) is 108 Å². The molecule has 1 aliphatic rings. The molecule has 1 atom stereocenters. The Labute approximate surface area is 146 Å². The highest BCUT2D eigenvalue weighted by atomic mass is 16.6. The molecule has 1 fully saturated rings. The van der Waals surface area contributed by atoms with Gasteiger partial charge in [0.05, 0.1) is 17.1 Å². The Kier molecular flexibility index (Phi) is 4.87. The first-order chi connectivity index (χ1) is 12.0. The van der Waals surface area contributed by atoms with Gasteiger partial charge in [-0.2, -0.15) is 0 Å². The molecule has 2 aromatic heterocycles. The van der Waals surface area contributed by atoms with Crippen LogP contribution in [0.2, 0.25) is 0 Å². The van der Waals surface area contributed by atoms with Gasteiger partial charge in [-0.25, -0.2) is 14.5 Å². The van der Waals surface area contributed by atoms with Gasteiger partial charge in [0.1, 0.15) is 6.10 Å². The molecule has 0 aliphatic heterocycles. The van der Waals surface area contributed by atoms with Crippen LogP contribution in [-0.2, 0) is 11.8 Å². The summed E-state index contributed by atoms with van der Waals surface area (Å²) in [5, 5.41) is 10.8. The van der Waals surface area contributed by atoms with Crippen molar-refractivity contribution in [3.05, 3.63) is 17.8 Å². The van der Waals surface area contributed by atoms with Crippen molar-refractivity contribution in [2.24, 2.45) is 13.0 Å². The maximum atomic E-state index is 12.3. The van der Waals surface area contributed by atoms with Crippen molar-refractivity contribution < 1.29 is 9.53 Å². The predicted octanol–water partition coefficient (Wildman–Crippen LogP) is 2.89. The summed E-state index contributed by atoms with van der Waals surface area (Å²) >= 11 is 0. The van der Waals surface area contributed by atoms with E-state index < -0.39 is 6.09 Å². The molecule has 0 saturated heterocycles. The van der Waals surface area contributed by atoms with Gasteiger partial charge in [-0.3, -0.25) is 5.32 Å². The number of aromatic nitrogens is 4. The van der Waals surface area contributed by atoms with Crippen LogP contribution >= 0.6 is 0 Å². The normalized spacial score (nSPS) is 16.0. The number of rotatable bonds is 4. The zero-order valence-corrected chi connectivity index (χ0v) is 14.8. The summed E-state index contributed by atoms with van der Waals surface area (Å²) in [6.45, 7) is 3.77. The molecule has 0 spiro atoms. The average Bonchev–Trinajstić information content (AvgIpc) is 3.21. The van der Waals surface area contributed by atoms with E-state index in [1.807, 2.05) is 13.8 Å². The Morgan fingerprint density at radius 1 is 1.40 bits per heavy atom. The molecule has 8 nitrogen and oxygen atoms in total. The van der Waals surface area contributed by atoms with Crippen molar-refractivity contribution >= 4 is 17.6 Å². The second-order valence-electron chi connectivity index (χ2n) is 6.56. The quantitative estimate of drug-likeness (QED) is 0.883. The zero-order chi connectivity index (χ0) is 18.0. The van der Waals surface area contributed by atoms with Crippen molar-refractivity contribution in [3.8, 4) is 11.4 Å². The van der Waals surface area contributed by atoms with E-state index in [0.717, 1.165) is 12.8 Å². The van der Waals surface area contributed by atoms with Gasteiger partial charge >= 0.3 is 6.09 Å². The fourth-order valence-electron chi connectivity index (χ4n) is 3.19. The van der Waals surface area contributed by atoms with Crippen LogP contribution in [0.3, 0.4) is 0 Å². The number of nitrogens with two attached hydrogens (primary N) is 1. The second-order valence-corrected chi connectivity index (χ2v) is 6.56. The molecule has 0 bridgehead atoms. The van der Waals surface area contributed by atoms with Crippen molar-refractivity contribution in [1.29, 1.82) is 0 Å². The molecule has 3 N–H and O–H groups in total. The van der Waals surface area contributed by atoms with Gasteiger partial charge in [0.2, 0.25) is 0 Å². The summed E-state index contributed by atoms with van der Waals surface area (Å²) in [6, 6.07) is 3.51. The lowest BCUT2D eigenvalue weighted by Gasteiger charge is -2.19. The molecule has 0 radical (unpaired) electrons. The number of pyridine rings is 1. The minimum atomic E-state index is -0.502. The monoisotopic (exact) mass is 344 g/mol. The first-order valence-corrected chi connectivity index (χ1v) is 8.56. The predicted molar refractivity (Wildman–Crippen MR) is 94.9 cm³/mol. The van der Waals surface area contributed by atoms with Crippen LogP contribution in [0.25, 0.3) is 11.4 Å². The first-order valence-electron chi connectivity index (χ1n) is 8.56. The zero-order valence-electron chi connectivity index (χ0n) is 14.8. The number of nitrogen functional groups attached to an aromatic ring is 1. The van der Waals surface area contributed by atoms with Crippen LogP contribution in [0.1, 0.15) is 38.3 Å². The summed E-state index contributed by atoms with van der Waals surface area (Å²) in [5.41, 5.74) is 8.19. The molecule has 0 unspecified atom stereocenters. The van der Waals surface area contributed by atoms with Gasteiger partial charge in [0, 0.05) is 7.05 Å². The van der Waals surface area contributed by atoms with E-state index >= 15 is 0 Å². The second kappa shape index (κ2) is 7.08. The fraction of sp³-hybridized carbons (Fsp3) is 0.529. The summed E-state index contributed by atoms with van der Waals surface area (Å²) in [5.74, 6) is 0.886. The Balaban J connectivity index is 1.75. The molecule has 1 saturated carbocycles. The SMILES string of the molecule is Cc1nc(-c2nnn(C)c2NC(=O)O[C@H](C)C2CCCC2)ccc1N. The van der Waals surface area contributed by atoms with Gasteiger partial charge in [0.25, 0.3) is 0 Å². The summed E-state index contributed by atoms with van der Waals surface area (Å²) in [6.07, 6.45) is 4.03. The lowest BCUT2D eigenvalue weighted by Crippen LogP contribution is -2.26. The molecule has 2 aromatic rings. The van der Waals surface area contributed by atoms with Gasteiger partial charge in [0.15, 0.2) is 11.5 Å². The molecule has 1 aliphatic carbocycles. The number of nitrogens with zero attached hydrogens (tertiary/aromatic N) is 4. The summed E-state index contributed by atoms with van der Waals surface area (Å²) in [4.78, 5) is 16.7. The number of amides is 1. The highest BCUT2D eigenvalue weighted by molar-refractivity contribution is 5.88.